The molecule has 3 rings (SSSR count). The number of hydrogen-bond acceptors (Lipinski definition) is 5. The minimum atomic E-state index is -0.323. The molecule has 126 valence electrons. The van der Waals surface area contributed by atoms with Crippen molar-refractivity contribution in [3.05, 3.63) is 70.9 Å². The summed E-state index contributed by atoms with van der Waals surface area (Å²) in [5.74, 6) is 0.0806. The largest absolute Gasteiger partial charge is 0.342 e. The third-order valence-corrected chi connectivity index (χ3v) is 3.88. The van der Waals surface area contributed by atoms with E-state index in [1.165, 1.54) is 12.5 Å². The number of benzene rings is 1. The van der Waals surface area contributed by atoms with E-state index in [-0.39, 0.29) is 5.91 Å². The van der Waals surface area contributed by atoms with Crippen LogP contribution < -0.4 is 10.2 Å². The SMILES string of the molecule is CN(c1cncnc1)c1cc(Cl)cc(C(=O)Nc2ccc(Cl)cn2)c1. The van der Waals surface area contributed by atoms with Crippen LogP contribution in [0.4, 0.5) is 17.2 Å². The highest BCUT2D eigenvalue weighted by atomic mass is 35.5. The first-order valence-electron chi connectivity index (χ1n) is 7.25. The highest BCUT2D eigenvalue weighted by Gasteiger charge is 2.12. The molecule has 0 radical (unpaired) electrons. The van der Waals surface area contributed by atoms with Gasteiger partial charge in [-0.25, -0.2) is 15.0 Å². The Morgan fingerprint density at radius 2 is 1.76 bits per heavy atom. The Labute approximate surface area is 154 Å². The first kappa shape index (κ1) is 17.1. The monoisotopic (exact) mass is 373 g/mol. The summed E-state index contributed by atoms with van der Waals surface area (Å²) in [6, 6.07) is 8.34. The lowest BCUT2D eigenvalue weighted by Gasteiger charge is -2.19. The molecule has 0 unspecified atom stereocenters. The van der Waals surface area contributed by atoms with Crippen LogP contribution in [0, 0.1) is 0 Å². The number of hydrogen-bond donors (Lipinski definition) is 1. The molecule has 0 bridgehead atoms. The highest BCUT2D eigenvalue weighted by Crippen LogP contribution is 2.27. The molecule has 1 amide bonds. The van der Waals surface area contributed by atoms with Gasteiger partial charge in [0.15, 0.2) is 0 Å². The maximum Gasteiger partial charge on any atom is 0.256 e. The number of halogens is 2. The molecule has 1 aromatic carbocycles. The molecule has 0 aliphatic heterocycles. The van der Waals surface area contributed by atoms with Gasteiger partial charge >= 0.3 is 0 Å². The number of anilines is 3. The smallest absolute Gasteiger partial charge is 0.256 e. The molecule has 2 aromatic heterocycles. The van der Waals surface area contributed by atoms with Crippen LogP contribution in [0.5, 0.6) is 0 Å². The van der Waals surface area contributed by atoms with Crippen molar-refractivity contribution in [3.63, 3.8) is 0 Å². The molecule has 0 aliphatic rings. The predicted octanol–water partition coefficient (Wildman–Crippen LogP) is 4.20. The molecule has 0 saturated heterocycles. The van der Waals surface area contributed by atoms with Gasteiger partial charge in [-0.05, 0) is 30.3 Å². The van der Waals surface area contributed by atoms with Crippen LogP contribution >= 0.6 is 23.2 Å². The average Bonchev–Trinajstić information content (AvgIpc) is 2.63. The lowest BCUT2D eigenvalue weighted by molar-refractivity contribution is 0.102. The van der Waals surface area contributed by atoms with Gasteiger partial charge in [-0.1, -0.05) is 23.2 Å². The summed E-state index contributed by atoms with van der Waals surface area (Å²) in [7, 11) is 1.84. The molecule has 0 spiro atoms. The Kier molecular flexibility index (Phi) is 5.11. The summed E-state index contributed by atoms with van der Waals surface area (Å²) >= 11 is 12.0. The zero-order chi connectivity index (χ0) is 17.8. The van der Waals surface area contributed by atoms with E-state index in [1.807, 2.05) is 11.9 Å². The second-order valence-electron chi connectivity index (χ2n) is 5.17. The van der Waals surface area contributed by atoms with Crippen molar-refractivity contribution < 1.29 is 4.79 Å². The topological polar surface area (TPSA) is 71.0 Å². The van der Waals surface area contributed by atoms with E-state index in [1.54, 1.807) is 42.7 Å². The van der Waals surface area contributed by atoms with E-state index < -0.39 is 0 Å². The summed E-state index contributed by atoms with van der Waals surface area (Å²) in [6.45, 7) is 0. The van der Waals surface area contributed by atoms with Gasteiger partial charge in [0.25, 0.3) is 5.91 Å². The highest BCUT2D eigenvalue weighted by molar-refractivity contribution is 6.31. The molecule has 25 heavy (non-hydrogen) atoms. The molecular formula is C17H13Cl2N5O. The quantitative estimate of drug-likeness (QED) is 0.741. The minimum Gasteiger partial charge on any atom is -0.342 e. The van der Waals surface area contributed by atoms with Gasteiger partial charge < -0.3 is 10.2 Å². The molecule has 1 N–H and O–H groups in total. The zero-order valence-electron chi connectivity index (χ0n) is 13.1. The molecule has 0 atom stereocenters. The van der Waals surface area contributed by atoms with Gasteiger partial charge in [0.2, 0.25) is 0 Å². The fraction of sp³-hybridized carbons (Fsp3) is 0.0588. The number of nitrogens with zero attached hydrogens (tertiary/aromatic N) is 4. The number of carbonyl (C=O) groups is 1. The van der Waals surface area contributed by atoms with Gasteiger partial charge in [0.05, 0.1) is 23.1 Å². The van der Waals surface area contributed by atoms with Crippen LogP contribution in [-0.4, -0.2) is 27.9 Å². The fourth-order valence-electron chi connectivity index (χ4n) is 2.15. The number of pyridine rings is 1. The van der Waals surface area contributed by atoms with Crippen LogP contribution in [0.3, 0.4) is 0 Å². The zero-order valence-corrected chi connectivity index (χ0v) is 14.7. The van der Waals surface area contributed by atoms with Crippen molar-refractivity contribution >= 4 is 46.3 Å². The standard InChI is InChI=1S/C17H13Cl2N5O/c1-24(15-8-20-10-21-9-15)14-5-11(4-13(19)6-14)17(25)23-16-3-2-12(18)7-22-16/h2-10H,1H3,(H,22,23,25). The predicted molar refractivity (Wildman–Crippen MR) is 98.7 cm³/mol. The number of amides is 1. The summed E-state index contributed by atoms with van der Waals surface area (Å²) in [4.78, 5) is 26.3. The van der Waals surface area contributed by atoms with Gasteiger partial charge in [-0.2, -0.15) is 0 Å². The molecule has 8 heteroatoms. The van der Waals surface area contributed by atoms with E-state index >= 15 is 0 Å². The summed E-state index contributed by atoms with van der Waals surface area (Å²) in [5.41, 5.74) is 1.91. The van der Waals surface area contributed by atoms with Crippen LogP contribution in [0.15, 0.2) is 55.2 Å². The Morgan fingerprint density at radius 3 is 2.44 bits per heavy atom. The molecular weight excluding hydrogens is 361 g/mol. The van der Waals surface area contributed by atoms with Crippen molar-refractivity contribution in [2.45, 2.75) is 0 Å². The van der Waals surface area contributed by atoms with Crippen LogP contribution in [0.1, 0.15) is 10.4 Å². The Balaban J connectivity index is 1.86. The lowest BCUT2D eigenvalue weighted by Crippen LogP contribution is -2.15. The molecule has 6 nitrogen and oxygen atoms in total. The normalized spacial score (nSPS) is 10.4. The second-order valence-corrected chi connectivity index (χ2v) is 6.04. The molecule has 3 aromatic rings. The van der Waals surface area contributed by atoms with E-state index in [4.69, 9.17) is 23.2 Å². The van der Waals surface area contributed by atoms with Crippen molar-refractivity contribution in [1.82, 2.24) is 15.0 Å². The molecule has 0 fully saturated rings. The van der Waals surface area contributed by atoms with Gasteiger partial charge in [-0.15, -0.1) is 0 Å². The second kappa shape index (κ2) is 7.46. The third-order valence-electron chi connectivity index (χ3n) is 3.44. The van der Waals surface area contributed by atoms with Gasteiger partial charge in [-0.3, -0.25) is 4.79 Å². The van der Waals surface area contributed by atoms with Crippen LogP contribution in [0.2, 0.25) is 10.0 Å². The minimum absolute atomic E-state index is 0.323. The van der Waals surface area contributed by atoms with E-state index in [0.717, 1.165) is 11.4 Å². The van der Waals surface area contributed by atoms with Crippen LogP contribution in [0.25, 0.3) is 0 Å². The first-order valence-corrected chi connectivity index (χ1v) is 8.01. The van der Waals surface area contributed by atoms with Gasteiger partial charge in [0, 0.05) is 29.5 Å². The maximum absolute atomic E-state index is 12.5. The first-order chi connectivity index (χ1) is 12.0. The van der Waals surface area contributed by atoms with E-state index in [2.05, 4.69) is 20.3 Å². The summed E-state index contributed by atoms with van der Waals surface area (Å²) in [6.07, 6.45) is 6.26. The molecule has 2 heterocycles. The average molecular weight is 374 g/mol. The summed E-state index contributed by atoms with van der Waals surface area (Å²) < 4.78 is 0. The fourth-order valence-corrected chi connectivity index (χ4v) is 2.49. The summed E-state index contributed by atoms with van der Waals surface area (Å²) in [5, 5.41) is 3.64. The number of nitrogens with one attached hydrogen (secondary N) is 1. The number of aromatic nitrogens is 3. The lowest BCUT2D eigenvalue weighted by atomic mass is 10.1. The number of rotatable bonds is 4. The Morgan fingerprint density at radius 1 is 1.00 bits per heavy atom. The maximum atomic E-state index is 12.5. The molecule has 0 aliphatic carbocycles. The van der Waals surface area contributed by atoms with Gasteiger partial charge in [0.1, 0.15) is 12.1 Å². The van der Waals surface area contributed by atoms with Crippen molar-refractivity contribution in [1.29, 1.82) is 0 Å². The Hall–Kier alpha value is -2.70. The van der Waals surface area contributed by atoms with Crippen molar-refractivity contribution in [2.24, 2.45) is 0 Å². The number of carbonyl (C=O) groups excluding carboxylic acids is 1. The van der Waals surface area contributed by atoms with E-state index in [0.29, 0.717) is 21.4 Å². The van der Waals surface area contributed by atoms with Crippen molar-refractivity contribution in [3.8, 4) is 0 Å². The van der Waals surface area contributed by atoms with Crippen molar-refractivity contribution in [2.75, 3.05) is 17.3 Å². The van der Waals surface area contributed by atoms with Crippen LogP contribution in [-0.2, 0) is 0 Å². The van der Waals surface area contributed by atoms with E-state index in [9.17, 15) is 4.79 Å². The Bertz CT molecular complexity index is 887. The third kappa shape index (κ3) is 4.23. The molecule has 0 saturated carbocycles.